The Morgan fingerprint density at radius 2 is 0.720 bits per heavy atom. The predicted octanol–water partition coefficient (Wildman–Crippen LogP) is 16.3. The van der Waals surface area contributed by atoms with Crippen LogP contribution in [0.2, 0.25) is 0 Å². The lowest BCUT2D eigenvalue weighted by molar-refractivity contribution is -0.870. The van der Waals surface area contributed by atoms with E-state index in [1.54, 1.807) is 0 Å². The molecule has 75 heavy (non-hydrogen) atoms. The van der Waals surface area contributed by atoms with Gasteiger partial charge in [0.1, 0.15) is 13.2 Å². The van der Waals surface area contributed by atoms with Gasteiger partial charge in [0.15, 0.2) is 12.4 Å². The number of hydrogen-bond donors (Lipinski definition) is 0. The zero-order valence-electron chi connectivity index (χ0n) is 48.4. The highest BCUT2D eigenvalue weighted by Crippen LogP contribution is 2.15. The van der Waals surface area contributed by atoms with Crippen LogP contribution in [0.25, 0.3) is 0 Å². The van der Waals surface area contributed by atoms with Gasteiger partial charge >= 0.3 is 11.9 Å². The molecule has 0 aromatic heterocycles. The number of carboxylic acids is 1. The van der Waals surface area contributed by atoms with Crippen LogP contribution < -0.4 is 5.11 Å². The normalized spacial score (nSPS) is 13.7. The van der Waals surface area contributed by atoms with E-state index in [-0.39, 0.29) is 38.6 Å². The van der Waals surface area contributed by atoms with Crippen LogP contribution in [0.1, 0.15) is 219 Å². The molecular formula is C66H109NO8. The molecule has 9 nitrogen and oxygen atoms in total. The van der Waals surface area contributed by atoms with Crippen LogP contribution in [0, 0.1) is 0 Å². The molecule has 0 spiro atoms. The first kappa shape index (κ1) is 70.7. The van der Waals surface area contributed by atoms with Gasteiger partial charge in [0.05, 0.1) is 40.3 Å². The number of aliphatic carboxylic acids is 1. The van der Waals surface area contributed by atoms with Crippen LogP contribution in [-0.2, 0) is 33.3 Å². The molecule has 0 amide bonds. The van der Waals surface area contributed by atoms with Crippen LogP contribution >= 0.6 is 0 Å². The zero-order valence-corrected chi connectivity index (χ0v) is 48.4. The maximum Gasteiger partial charge on any atom is 0.306 e. The summed E-state index contributed by atoms with van der Waals surface area (Å²) in [5.74, 6) is -2.33. The molecule has 0 fully saturated rings. The molecule has 0 bridgehead atoms. The molecule has 0 aliphatic rings. The molecule has 0 heterocycles. The number of carboxylic acid groups (broad SMARTS) is 1. The Balaban J connectivity index is 4.10. The zero-order chi connectivity index (χ0) is 54.8. The van der Waals surface area contributed by atoms with Crippen molar-refractivity contribution in [3.05, 3.63) is 122 Å². The van der Waals surface area contributed by atoms with Crippen molar-refractivity contribution in [3.8, 4) is 0 Å². The monoisotopic (exact) mass is 1040 g/mol. The number of unbranched alkanes of at least 4 members (excludes halogenated alkanes) is 18. The summed E-state index contributed by atoms with van der Waals surface area (Å²) in [5.41, 5.74) is 0. The molecule has 426 valence electrons. The lowest BCUT2D eigenvalue weighted by atomic mass is 10.0. The Hall–Kier alpha value is -4.31. The number of quaternary nitrogens is 1. The van der Waals surface area contributed by atoms with E-state index in [0.29, 0.717) is 23.9 Å². The van der Waals surface area contributed by atoms with Gasteiger partial charge in [-0.2, -0.15) is 0 Å². The molecule has 0 aliphatic carbocycles. The quantitative estimate of drug-likeness (QED) is 0.0195. The first-order valence-corrected chi connectivity index (χ1v) is 29.7. The molecule has 0 saturated carbocycles. The molecule has 0 aliphatic heterocycles. The summed E-state index contributed by atoms with van der Waals surface area (Å²) in [5, 5.41) is 11.8. The molecule has 0 N–H and O–H groups in total. The minimum Gasteiger partial charge on any atom is -0.545 e. The maximum absolute atomic E-state index is 12.9. The van der Waals surface area contributed by atoms with Gasteiger partial charge in [-0.15, -0.1) is 0 Å². The fourth-order valence-corrected chi connectivity index (χ4v) is 7.71. The first-order valence-electron chi connectivity index (χ1n) is 29.7. The largest absolute Gasteiger partial charge is 0.545 e. The summed E-state index contributed by atoms with van der Waals surface area (Å²) in [4.78, 5) is 37.2. The van der Waals surface area contributed by atoms with Crippen LogP contribution in [-0.4, -0.2) is 82.3 Å². The van der Waals surface area contributed by atoms with E-state index in [9.17, 15) is 19.5 Å². The number of nitrogens with zero attached hydrogens (tertiary/aromatic N) is 1. The Morgan fingerprint density at radius 1 is 0.400 bits per heavy atom. The Labute approximate surface area is 459 Å². The first-order chi connectivity index (χ1) is 36.6. The minimum atomic E-state index is -1.63. The number of esters is 2. The third-order valence-corrected chi connectivity index (χ3v) is 12.2. The molecule has 2 atom stereocenters. The Bertz CT molecular complexity index is 1640. The Kier molecular flexibility index (Phi) is 52.7. The van der Waals surface area contributed by atoms with Crippen molar-refractivity contribution in [2.24, 2.45) is 0 Å². The third-order valence-electron chi connectivity index (χ3n) is 12.2. The number of allylic oxidation sites excluding steroid dienone is 20. The highest BCUT2D eigenvalue weighted by atomic mass is 16.7. The third kappa shape index (κ3) is 57.2. The van der Waals surface area contributed by atoms with Crippen molar-refractivity contribution in [2.45, 2.75) is 232 Å². The molecular weight excluding hydrogens is 935 g/mol. The Morgan fingerprint density at radius 3 is 1.08 bits per heavy atom. The number of ether oxygens (including phenoxy) is 4. The topological polar surface area (TPSA) is 111 Å². The van der Waals surface area contributed by atoms with E-state index < -0.39 is 24.3 Å². The van der Waals surface area contributed by atoms with Crippen LogP contribution in [0.15, 0.2) is 122 Å². The fourth-order valence-electron chi connectivity index (χ4n) is 7.71. The lowest BCUT2D eigenvalue weighted by Crippen LogP contribution is -2.44. The van der Waals surface area contributed by atoms with Crippen molar-refractivity contribution >= 4 is 17.9 Å². The van der Waals surface area contributed by atoms with E-state index in [1.807, 2.05) is 21.1 Å². The summed E-state index contributed by atoms with van der Waals surface area (Å²) in [6.45, 7) is 4.47. The van der Waals surface area contributed by atoms with Crippen molar-refractivity contribution < 1.29 is 42.9 Å². The van der Waals surface area contributed by atoms with Gasteiger partial charge in [-0.3, -0.25) is 9.59 Å². The van der Waals surface area contributed by atoms with E-state index in [1.165, 1.54) is 77.0 Å². The minimum absolute atomic E-state index is 0.138. The maximum atomic E-state index is 12.9. The van der Waals surface area contributed by atoms with Gasteiger partial charge in [-0.25, -0.2) is 0 Å². The summed E-state index contributed by atoms with van der Waals surface area (Å²) in [6.07, 6.45) is 75.6. The van der Waals surface area contributed by atoms with Gasteiger partial charge in [-0.05, 0) is 103 Å². The second kappa shape index (κ2) is 55.9. The summed E-state index contributed by atoms with van der Waals surface area (Å²) < 4.78 is 22.6. The molecule has 0 aromatic carbocycles. The molecule has 0 aromatic rings. The average Bonchev–Trinajstić information content (AvgIpc) is 3.38. The number of rotatable bonds is 53. The molecule has 9 heteroatoms. The SMILES string of the molecule is CC/C=C\C/C=C\C/C=C\C/C=C\C/C=C\C/C=C\C/C=C\CCCCCCCCCCCCCCCCCC(=O)OC(COC(=O)CCCCC/C=C\C/C=C\C/C=C\CC)COC(OCC[N+](C)(C)C)C(=O)[O-]. The van der Waals surface area contributed by atoms with Crippen molar-refractivity contribution in [1.29, 1.82) is 0 Å². The van der Waals surface area contributed by atoms with Crippen LogP contribution in [0.4, 0.5) is 0 Å². The number of carbonyl (C=O) groups is 3. The highest BCUT2D eigenvalue weighted by molar-refractivity contribution is 5.70. The van der Waals surface area contributed by atoms with E-state index in [4.69, 9.17) is 18.9 Å². The van der Waals surface area contributed by atoms with Crippen LogP contribution in [0.5, 0.6) is 0 Å². The van der Waals surface area contributed by atoms with E-state index in [2.05, 4.69) is 135 Å². The molecule has 0 saturated heterocycles. The standard InChI is InChI=1S/C66H109NO8/c1-6-8-10-12-14-16-18-20-21-22-23-24-25-26-27-28-29-30-31-32-33-34-35-36-37-38-39-40-41-42-43-45-47-49-51-53-55-57-64(69)75-62(61-74-66(65(70)71)72-59-58-67(3,4)5)60-73-63(68)56-54-52-50-48-46-44-19-17-15-13-11-9-7-2/h8-11,14-17,20-21,23-24,26-27,29-30,32-33,44,46,62,66H,6-7,12-13,18-19,22,25,28,31,34-43,45,47-61H2,1-5H3/b10-8-,11-9-,16-14-,17-15-,21-20-,24-23-,27-26-,30-29-,33-32-,46-44-. The van der Waals surface area contributed by atoms with Crippen LogP contribution in [0.3, 0.4) is 0 Å². The van der Waals surface area contributed by atoms with Crippen molar-refractivity contribution in [2.75, 3.05) is 47.5 Å². The number of hydrogen-bond acceptors (Lipinski definition) is 8. The second-order valence-corrected chi connectivity index (χ2v) is 20.5. The number of carbonyl (C=O) groups excluding carboxylic acids is 3. The second-order valence-electron chi connectivity index (χ2n) is 20.5. The van der Waals surface area contributed by atoms with Crippen molar-refractivity contribution in [1.82, 2.24) is 0 Å². The van der Waals surface area contributed by atoms with Gasteiger partial charge in [0.2, 0.25) is 0 Å². The molecule has 0 radical (unpaired) electrons. The molecule has 2 unspecified atom stereocenters. The summed E-state index contributed by atoms with van der Waals surface area (Å²) in [6, 6.07) is 0. The van der Waals surface area contributed by atoms with E-state index >= 15 is 0 Å². The van der Waals surface area contributed by atoms with Gasteiger partial charge in [0, 0.05) is 12.8 Å². The molecule has 0 rings (SSSR count). The smallest absolute Gasteiger partial charge is 0.306 e. The predicted molar refractivity (Wildman–Crippen MR) is 315 cm³/mol. The lowest BCUT2D eigenvalue weighted by Gasteiger charge is -2.26. The summed E-state index contributed by atoms with van der Waals surface area (Å²) in [7, 11) is 5.90. The van der Waals surface area contributed by atoms with Gasteiger partial charge in [-0.1, -0.05) is 225 Å². The fraction of sp³-hybridized carbons (Fsp3) is 0.652. The van der Waals surface area contributed by atoms with Crippen molar-refractivity contribution in [3.63, 3.8) is 0 Å². The highest BCUT2D eigenvalue weighted by Gasteiger charge is 2.22. The van der Waals surface area contributed by atoms with E-state index in [0.717, 1.165) is 103 Å². The van der Waals surface area contributed by atoms with Gasteiger partial charge < -0.3 is 33.3 Å². The van der Waals surface area contributed by atoms with Gasteiger partial charge in [0.25, 0.3) is 0 Å². The summed E-state index contributed by atoms with van der Waals surface area (Å²) >= 11 is 0. The average molecular weight is 1040 g/mol. The number of likely N-dealkylation sites (N-methyl/N-ethyl adjacent to an activating group) is 1.